The molecule has 0 spiro atoms. The number of H-pyrrole nitrogens is 1. The molecule has 4 aromatic heterocycles. The predicted molar refractivity (Wildman–Crippen MR) is 133 cm³/mol. The maximum Gasteiger partial charge on any atom is 0.317 e. The highest BCUT2D eigenvalue weighted by molar-refractivity contribution is 5.75. The first-order valence-corrected chi connectivity index (χ1v) is 11.7. The third-order valence-electron chi connectivity index (χ3n) is 5.92. The average molecular weight is 489 g/mol. The summed E-state index contributed by atoms with van der Waals surface area (Å²) in [4.78, 5) is 34.4. The number of pyridine rings is 1. The van der Waals surface area contributed by atoms with Gasteiger partial charge in [-0.15, -0.1) is 0 Å². The molecule has 1 aliphatic rings. The number of carbonyl (C=O) groups excluding carboxylic acids is 1. The van der Waals surface area contributed by atoms with Crippen LogP contribution in [0.5, 0.6) is 0 Å². The van der Waals surface area contributed by atoms with Crippen molar-refractivity contribution in [3.8, 4) is 5.82 Å². The fourth-order valence-corrected chi connectivity index (χ4v) is 3.96. The third-order valence-corrected chi connectivity index (χ3v) is 5.92. The maximum atomic E-state index is 12.9. The third kappa shape index (κ3) is 5.24. The first-order chi connectivity index (χ1) is 17.4. The SMILES string of the molecule is Cc1cc(Nc2cc(C)[nH]n2)nc(N2CCN(C(=O)NC(C)c3ccc(-n4cncn4)nc3)CC2)n1. The van der Waals surface area contributed by atoms with Crippen molar-refractivity contribution in [2.24, 2.45) is 0 Å². The quantitative estimate of drug-likeness (QED) is 0.371. The number of aromatic nitrogens is 8. The Balaban J connectivity index is 1.16. The monoisotopic (exact) mass is 488 g/mol. The second-order valence-electron chi connectivity index (χ2n) is 8.69. The lowest BCUT2D eigenvalue weighted by Gasteiger charge is -2.35. The number of hydrogen-bond acceptors (Lipinski definition) is 9. The van der Waals surface area contributed by atoms with Crippen molar-refractivity contribution in [1.82, 2.24) is 50.1 Å². The number of rotatable bonds is 6. The van der Waals surface area contributed by atoms with Crippen LogP contribution >= 0.6 is 0 Å². The molecule has 0 aliphatic carbocycles. The number of urea groups is 1. The Kier molecular flexibility index (Phi) is 6.43. The van der Waals surface area contributed by atoms with Crippen LogP contribution in [0.3, 0.4) is 0 Å². The van der Waals surface area contributed by atoms with E-state index in [1.54, 1.807) is 17.2 Å². The molecule has 0 radical (unpaired) electrons. The highest BCUT2D eigenvalue weighted by atomic mass is 16.2. The lowest BCUT2D eigenvalue weighted by Crippen LogP contribution is -2.52. The number of nitrogens with zero attached hydrogens (tertiary/aromatic N) is 9. The summed E-state index contributed by atoms with van der Waals surface area (Å²) in [6.45, 7) is 8.24. The van der Waals surface area contributed by atoms with Gasteiger partial charge in [0.25, 0.3) is 0 Å². The summed E-state index contributed by atoms with van der Waals surface area (Å²) in [7, 11) is 0. The number of amides is 2. The average Bonchev–Trinajstić information content (AvgIpc) is 3.56. The molecule has 13 nitrogen and oxygen atoms in total. The van der Waals surface area contributed by atoms with E-state index in [2.05, 4.69) is 50.8 Å². The van der Waals surface area contributed by atoms with Gasteiger partial charge in [-0.25, -0.2) is 24.4 Å². The zero-order chi connectivity index (χ0) is 25.1. The second-order valence-corrected chi connectivity index (χ2v) is 8.69. The Morgan fingerprint density at radius 1 is 1.08 bits per heavy atom. The van der Waals surface area contributed by atoms with Crippen molar-refractivity contribution in [2.45, 2.75) is 26.8 Å². The van der Waals surface area contributed by atoms with Crippen LogP contribution in [0.2, 0.25) is 0 Å². The molecule has 1 saturated heterocycles. The number of aromatic amines is 1. The van der Waals surface area contributed by atoms with Gasteiger partial charge in [-0.05, 0) is 32.4 Å². The summed E-state index contributed by atoms with van der Waals surface area (Å²) >= 11 is 0. The molecule has 0 bridgehead atoms. The molecule has 5 rings (SSSR count). The number of carbonyl (C=O) groups is 1. The van der Waals surface area contributed by atoms with E-state index in [-0.39, 0.29) is 12.1 Å². The van der Waals surface area contributed by atoms with Gasteiger partial charge in [-0.2, -0.15) is 15.2 Å². The van der Waals surface area contributed by atoms with Gasteiger partial charge in [-0.1, -0.05) is 6.07 Å². The Morgan fingerprint density at radius 2 is 1.92 bits per heavy atom. The van der Waals surface area contributed by atoms with Crippen LogP contribution < -0.4 is 15.5 Å². The van der Waals surface area contributed by atoms with Gasteiger partial charge in [0.15, 0.2) is 11.6 Å². The van der Waals surface area contributed by atoms with Crippen molar-refractivity contribution in [1.29, 1.82) is 0 Å². The van der Waals surface area contributed by atoms with Crippen LogP contribution in [0, 0.1) is 13.8 Å². The summed E-state index contributed by atoms with van der Waals surface area (Å²) in [6.07, 6.45) is 4.79. The Morgan fingerprint density at radius 3 is 2.58 bits per heavy atom. The minimum absolute atomic E-state index is 0.107. The van der Waals surface area contributed by atoms with Crippen LogP contribution in [-0.2, 0) is 0 Å². The summed E-state index contributed by atoms with van der Waals surface area (Å²) in [5, 5.41) is 17.5. The van der Waals surface area contributed by atoms with Crippen molar-refractivity contribution in [3.05, 3.63) is 60.1 Å². The number of piperazine rings is 1. The molecule has 1 atom stereocenters. The fraction of sp³-hybridized carbons (Fsp3) is 0.348. The van der Waals surface area contributed by atoms with Gasteiger partial charge >= 0.3 is 6.03 Å². The lowest BCUT2D eigenvalue weighted by molar-refractivity contribution is 0.191. The molecule has 3 N–H and O–H groups in total. The maximum absolute atomic E-state index is 12.9. The number of anilines is 3. The van der Waals surface area contributed by atoms with Gasteiger partial charge in [-0.3, -0.25) is 5.10 Å². The Labute approximate surface area is 208 Å². The van der Waals surface area contributed by atoms with Gasteiger partial charge in [0, 0.05) is 55.9 Å². The van der Waals surface area contributed by atoms with Gasteiger partial charge in [0.2, 0.25) is 5.95 Å². The van der Waals surface area contributed by atoms with Gasteiger partial charge in [0.05, 0.1) is 6.04 Å². The van der Waals surface area contributed by atoms with Crippen LogP contribution in [0.25, 0.3) is 5.82 Å². The van der Waals surface area contributed by atoms with Gasteiger partial charge < -0.3 is 20.4 Å². The van der Waals surface area contributed by atoms with Crippen molar-refractivity contribution in [3.63, 3.8) is 0 Å². The lowest BCUT2D eigenvalue weighted by atomic mass is 10.1. The second kappa shape index (κ2) is 9.98. The topological polar surface area (TPSA) is 146 Å². The van der Waals surface area contributed by atoms with E-state index < -0.39 is 0 Å². The molecule has 186 valence electrons. The molecule has 13 heteroatoms. The summed E-state index contributed by atoms with van der Waals surface area (Å²) < 4.78 is 1.58. The molecule has 0 saturated carbocycles. The molecule has 1 unspecified atom stereocenters. The molecular weight excluding hydrogens is 460 g/mol. The number of hydrogen-bond donors (Lipinski definition) is 3. The molecule has 2 amide bonds. The van der Waals surface area contributed by atoms with E-state index in [1.807, 2.05) is 49.9 Å². The van der Waals surface area contributed by atoms with E-state index in [0.717, 1.165) is 17.0 Å². The smallest absolute Gasteiger partial charge is 0.317 e. The zero-order valence-electron chi connectivity index (χ0n) is 20.4. The molecular formula is C23H28N12O. The summed E-state index contributed by atoms with van der Waals surface area (Å²) in [5.74, 6) is 2.69. The fourth-order valence-electron chi connectivity index (χ4n) is 3.96. The summed E-state index contributed by atoms with van der Waals surface area (Å²) in [6, 6.07) is 7.28. The molecule has 36 heavy (non-hydrogen) atoms. The van der Waals surface area contributed by atoms with Crippen molar-refractivity contribution >= 4 is 23.6 Å². The van der Waals surface area contributed by atoms with E-state index in [1.165, 1.54) is 6.33 Å². The molecule has 0 aromatic carbocycles. The van der Waals surface area contributed by atoms with Crippen LogP contribution in [-0.4, -0.2) is 77.0 Å². The molecule has 1 aliphatic heterocycles. The van der Waals surface area contributed by atoms with Crippen molar-refractivity contribution in [2.75, 3.05) is 36.4 Å². The van der Waals surface area contributed by atoms with Gasteiger partial charge in [0.1, 0.15) is 18.5 Å². The van der Waals surface area contributed by atoms with Crippen LogP contribution in [0.4, 0.5) is 22.4 Å². The van der Waals surface area contributed by atoms with Crippen molar-refractivity contribution < 1.29 is 4.79 Å². The van der Waals surface area contributed by atoms with E-state index in [4.69, 9.17) is 0 Å². The Hall–Kier alpha value is -4.55. The minimum Gasteiger partial charge on any atom is -0.337 e. The number of aryl methyl sites for hydroxylation is 2. The zero-order valence-corrected chi connectivity index (χ0v) is 20.4. The normalized spacial score (nSPS) is 14.5. The standard InChI is InChI=1S/C23H28N12O/c1-15-10-19(29-20-11-16(2)31-32-20)30-22(27-15)33-6-8-34(9-7-33)23(36)28-17(3)18-4-5-21(25-12-18)35-14-24-13-26-35/h4-5,10-14,17H,6-9H2,1-3H3,(H,28,36)(H2,27,29,30,31,32). The van der Waals surface area contributed by atoms with Crippen LogP contribution in [0.1, 0.15) is 29.9 Å². The minimum atomic E-state index is -0.188. The first kappa shape index (κ1) is 23.2. The highest BCUT2D eigenvalue weighted by Gasteiger charge is 2.24. The van der Waals surface area contributed by atoms with E-state index in [9.17, 15) is 4.79 Å². The van der Waals surface area contributed by atoms with Crippen LogP contribution in [0.15, 0.2) is 43.1 Å². The largest absolute Gasteiger partial charge is 0.337 e. The summed E-state index contributed by atoms with van der Waals surface area (Å²) in [5.41, 5.74) is 2.73. The number of nitrogens with one attached hydrogen (secondary N) is 3. The van der Waals surface area contributed by atoms with E-state index in [0.29, 0.717) is 49.6 Å². The molecule has 4 aromatic rings. The predicted octanol–water partition coefficient (Wildman–Crippen LogP) is 2.13. The first-order valence-electron chi connectivity index (χ1n) is 11.7. The highest BCUT2D eigenvalue weighted by Crippen LogP contribution is 2.19. The molecule has 5 heterocycles. The molecule has 1 fully saturated rings. The van der Waals surface area contributed by atoms with E-state index >= 15 is 0 Å². The Bertz CT molecular complexity index is 1310.